The lowest BCUT2D eigenvalue weighted by Gasteiger charge is -2.19. The fraction of sp³-hybridized carbons (Fsp3) is 0.217. The van der Waals surface area contributed by atoms with E-state index in [4.69, 9.17) is 18.9 Å². The summed E-state index contributed by atoms with van der Waals surface area (Å²) in [5.41, 5.74) is 2.39. The van der Waals surface area contributed by atoms with Gasteiger partial charge >= 0.3 is 0 Å². The number of nitrogens with one attached hydrogen (secondary N) is 1. The summed E-state index contributed by atoms with van der Waals surface area (Å²) in [5, 5.41) is 3.38. The van der Waals surface area contributed by atoms with Gasteiger partial charge in [-0.15, -0.1) is 0 Å². The Bertz CT molecular complexity index is 1040. The Morgan fingerprint density at radius 1 is 0.967 bits per heavy atom. The van der Waals surface area contributed by atoms with Gasteiger partial charge in [-0.2, -0.15) is 0 Å². The van der Waals surface area contributed by atoms with E-state index in [1.54, 1.807) is 25.3 Å². The van der Waals surface area contributed by atoms with Crippen molar-refractivity contribution in [1.29, 1.82) is 0 Å². The zero-order chi connectivity index (χ0) is 20.9. The number of ether oxygens (including phenoxy) is 4. The van der Waals surface area contributed by atoms with Gasteiger partial charge in [0.15, 0.2) is 23.0 Å². The number of anilines is 1. The number of benzene rings is 3. The summed E-state index contributed by atoms with van der Waals surface area (Å²) in [6, 6.07) is 16.0. The first kappa shape index (κ1) is 20.3. The molecule has 30 heavy (non-hydrogen) atoms. The first-order valence-corrected chi connectivity index (χ1v) is 10.3. The Balaban J connectivity index is 1.46. The first-order chi connectivity index (χ1) is 14.6. The molecule has 0 atom stereocenters. The van der Waals surface area contributed by atoms with E-state index in [1.165, 1.54) is 6.07 Å². The van der Waals surface area contributed by atoms with Crippen LogP contribution in [0, 0.1) is 5.82 Å². The minimum atomic E-state index is -0.296. The van der Waals surface area contributed by atoms with E-state index < -0.39 is 0 Å². The fourth-order valence-electron chi connectivity index (χ4n) is 3.11. The smallest absolute Gasteiger partial charge is 0.163 e. The molecule has 156 valence electrons. The zero-order valence-electron chi connectivity index (χ0n) is 16.4. The molecule has 0 fully saturated rings. The molecule has 0 aliphatic carbocycles. The van der Waals surface area contributed by atoms with E-state index in [0.717, 1.165) is 27.2 Å². The number of fused-ring (bicyclic) bond motifs is 1. The Kier molecular flexibility index (Phi) is 6.28. The second-order valence-corrected chi connectivity index (χ2v) is 7.54. The van der Waals surface area contributed by atoms with Crippen molar-refractivity contribution < 1.29 is 23.3 Å². The summed E-state index contributed by atoms with van der Waals surface area (Å²) in [5.74, 6) is 2.31. The highest BCUT2D eigenvalue weighted by Crippen LogP contribution is 2.36. The van der Waals surface area contributed by atoms with Crippen LogP contribution >= 0.6 is 15.9 Å². The molecule has 3 aromatic carbocycles. The molecule has 5 nitrogen and oxygen atoms in total. The molecule has 0 saturated heterocycles. The summed E-state index contributed by atoms with van der Waals surface area (Å²) in [4.78, 5) is 0. The molecular weight excluding hydrogens is 453 g/mol. The van der Waals surface area contributed by atoms with Crippen molar-refractivity contribution >= 4 is 21.6 Å². The van der Waals surface area contributed by atoms with Crippen LogP contribution in [0.1, 0.15) is 11.1 Å². The maximum atomic E-state index is 13.8. The van der Waals surface area contributed by atoms with Crippen LogP contribution in [0.25, 0.3) is 0 Å². The van der Waals surface area contributed by atoms with E-state index in [2.05, 4.69) is 21.2 Å². The normalized spacial score (nSPS) is 12.4. The highest BCUT2D eigenvalue weighted by molar-refractivity contribution is 9.10. The van der Waals surface area contributed by atoms with Gasteiger partial charge in [-0.1, -0.05) is 34.1 Å². The summed E-state index contributed by atoms with van der Waals surface area (Å²) >= 11 is 3.59. The highest BCUT2D eigenvalue weighted by Gasteiger charge is 2.14. The molecule has 1 N–H and O–H groups in total. The monoisotopic (exact) mass is 473 g/mol. The van der Waals surface area contributed by atoms with Crippen LogP contribution in [0.4, 0.5) is 10.1 Å². The molecule has 1 aliphatic rings. The summed E-state index contributed by atoms with van der Waals surface area (Å²) in [6.07, 6.45) is 0. The first-order valence-electron chi connectivity index (χ1n) is 9.50. The lowest BCUT2D eigenvalue weighted by atomic mass is 10.2. The van der Waals surface area contributed by atoms with E-state index in [-0.39, 0.29) is 12.4 Å². The molecule has 0 saturated carbocycles. The van der Waals surface area contributed by atoms with Gasteiger partial charge in [0.25, 0.3) is 0 Å². The summed E-state index contributed by atoms with van der Waals surface area (Å²) in [7, 11) is 1.58. The van der Waals surface area contributed by atoms with E-state index in [0.29, 0.717) is 36.8 Å². The van der Waals surface area contributed by atoms with Gasteiger partial charge < -0.3 is 24.3 Å². The van der Waals surface area contributed by atoms with Gasteiger partial charge in [0, 0.05) is 28.3 Å². The second kappa shape index (κ2) is 9.26. The van der Waals surface area contributed by atoms with Gasteiger partial charge in [0.05, 0.1) is 7.11 Å². The van der Waals surface area contributed by atoms with Crippen molar-refractivity contribution in [1.82, 2.24) is 0 Å². The third kappa shape index (κ3) is 4.62. The predicted molar refractivity (Wildman–Crippen MR) is 116 cm³/mol. The largest absolute Gasteiger partial charge is 0.493 e. The maximum absolute atomic E-state index is 13.8. The third-order valence-electron chi connectivity index (χ3n) is 4.70. The van der Waals surface area contributed by atoms with Crippen molar-refractivity contribution in [2.45, 2.75) is 13.2 Å². The van der Waals surface area contributed by atoms with E-state index in [1.807, 2.05) is 30.3 Å². The van der Waals surface area contributed by atoms with Crippen molar-refractivity contribution in [2.75, 3.05) is 25.6 Å². The molecule has 7 heteroatoms. The molecule has 3 aromatic rings. The average molecular weight is 474 g/mol. The van der Waals surface area contributed by atoms with Crippen LogP contribution in [0.5, 0.6) is 23.0 Å². The summed E-state index contributed by atoms with van der Waals surface area (Å²) < 4.78 is 37.2. The molecule has 0 spiro atoms. The molecule has 4 rings (SSSR count). The maximum Gasteiger partial charge on any atom is 0.163 e. The van der Waals surface area contributed by atoms with Gasteiger partial charge in [-0.25, -0.2) is 4.39 Å². The highest BCUT2D eigenvalue weighted by atomic mass is 79.9. The van der Waals surface area contributed by atoms with Crippen LogP contribution in [0.15, 0.2) is 59.1 Å². The van der Waals surface area contributed by atoms with Crippen LogP contribution < -0.4 is 24.3 Å². The Labute approximate surface area is 182 Å². The SMILES string of the molecule is COc1cc(CNc2ccc3c(c2)OCCO3)c(Br)cc1OCc1ccccc1F. The Morgan fingerprint density at radius 2 is 1.77 bits per heavy atom. The third-order valence-corrected chi connectivity index (χ3v) is 5.44. The van der Waals surface area contributed by atoms with Crippen LogP contribution in [0.2, 0.25) is 0 Å². The minimum Gasteiger partial charge on any atom is -0.493 e. The van der Waals surface area contributed by atoms with Crippen LogP contribution in [-0.4, -0.2) is 20.3 Å². The van der Waals surface area contributed by atoms with Crippen molar-refractivity contribution in [3.8, 4) is 23.0 Å². The van der Waals surface area contributed by atoms with Crippen molar-refractivity contribution in [3.63, 3.8) is 0 Å². The van der Waals surface area contributed by atoms with E-state index in [9.17, 15) is 4.39 Å². The Morgan fingerprint density at radius 3 is 2.57 bits per heavy atom. The lowest BCUT2D eigenvalue weighted by Crippen LogP contribution is -2.15. The number of rotatable bonds is 7. The van der Waals surface area contributed by atoms with Gasteiger partial charge in [0.2, 0.25) is 0 Å². The van der Waals surface area contributed by atoms with E-state index >= 15 is 0 Å². The molecule has 0 aromatic heterocycles. The number of hydrogen-bond donors (Lipinski definition) is 1. The standard InChI is InChI=1S/C23H21BrFNO4/c1-27-21-10-16(13-26-17-6-7-20-22(11-17)29-9-8-28-20)18(24)12-23(21)30-14-15-4-2-3-5-19(15)25/h2-7,10-12,26H,8-9,13-14H2,1H3. The topological polar surface area (TPSA) is 49.0 Å². The average Bonchev–Trinajstić information content (AvgIpc) is 2.77. The quantitative estimate of drug-likeness (QED) is 0.486. The predicted octanol–water partition coefficient (Wildman–Crippen LogP) is 5.56. The van der Waals surface area contributed by atoms with Gasteiger partial charge in [-0.3, -0.25) is 0 Å². The molecular formula is C23H21BrFNO4. The van der Waals surface area contributed by atoms with Crippen LogP contribution in [-0.2, 0) is 13.2 Å². The van der Waals surface area contributed by atoms with Gasteiger partial charge in [0.1, 0.15) is 25.6 Å². The number of hydrogen-bond acceptors (Lipinski definition) is 5. The fourth-order valence-corrected chi connectivity index (χ4v) is 3.57. The summed E-state index contributed by atoms with van der Waals surface area (Å²) in [6.45, 7) is 1.79. The minimum absolute atomic E-state index is 0.115. The second-order valence-electron chi connectivity index (χ2n) is 6.69. The molecule has 0 amide bonds. The molecule has 0 bridgehead atoms. The number of halogens is 2. The molecule has 0 radical (unpaired) electrons. The number of methoxy groups -OCH3 is 1. The van der Waals surface area contributed by atoms with Crippen LogP contribution in [0.3, 0.4) is 0 Å². The lowest BCUT2D eigenvalue weighted by molar-refractivity contribution is 0.171. The molecule has 1 aliphatic heterocycles. The van der Waals surface area contributed by atoms with Crippen molar-refractivity contribution in [2.24, 2.45) is 0 Å². The molecule has 0 unspecified atom stereocenters. The Hall–Kier alpha value is -2.93. The van der Waals surface area contributed by atoms with Gasteiger partial charge in [-0.05, 0) is 35.9 Å². The molecule has 1 heterocycles. The van der Waals surface area contributed by atoms with Crippen molar-refractivity contribution in [3.05, 3.63) is 76.0 Å². The zero-order valence-corrected chi connectivity index (χ0v) is 18.0.